The fourth-order valence-electron chi connectivity index (χ4n) is 2.33. The molecule has 3 N–H and O–H groups in total. The van der Waals surface area contributed by atoms with E-state index < -0.39 is 11.4 Å². The number of hydrogen-bond donors (Lipinski definition) is 3. The van der Waals surface area contributed by atoms with Gasteiger partial charge in [-0.25, -0.2) is 9.18 Å². The average molecular weight is 310 g/mol. The summed E-state index contributed by atoms with van der Waals surface area (Å²) in [6.07, 6.45) is 1.66. The Bertz CT molecular complexity index is 522. The lowest BCUT2D eigenvalue weighted by atomic mass is 9.97. The van der Waals surface area contributed by atoms with Crippen LogP contribution in [0.5, 0.6) is 5.75 Å². The van der Waals surface area contributed by atoms with Gasteiger partial charge in [0.25, 0.3) is 0 Å². The maximum Gasteiger partial charge on any atom is 0.315 e. The number of nitrogens with one attached hydrogen (secondary N) is 2. The van der Waals surface area contributed by atoms with E-state index in [1.165, 1.54) is 6.07 Å². The van der Waals surface area contributed by atoms with Crippen LogP contribution in [0.25, 0.3) is 0 Å². The molecule has 5 nitrogen and oxygen atoms in total. The molecule has 0 saturated heterocycles. The maximum atomic E-state index is 13.5. The van der Waals surface area contributed by atoms with Crippen molar-refractivity contribution in [2.24, 2.45) is 5.92 Å². The van der Waals surface area contributed by atoms with Crippen molar-refractivity contribution in [3.05, 3.63) is 30.1 Å². The zero-order chi connectivity index (χ0) is 16.2. The maximum absolute atomic E-state index is 13.5. The third kappa shape index (κ3) is 4.34. The van der Waals surface area contributed by atoms with Crippen LogP contribution in [0.15, 0.2) is 24.3 Å². The minimum atomic E-state index is -0.584. The molecule has 1 fully saturated rings. The quantitative estimate of drug-likeness (QED) is 0.722. The van der Waals surface area contributed by atoms with Crippen molar-refractivity contribution in [2.75, 3.05) is 13.2 Å². The first-order valence-electron chi connectivity index (χ1n) is 7.52. The number of amides is 2. The number of rotatable bonds is 7. The molecule has 22 heavy (non-hydrogen) atoms. The fourth-order valence-corrected chi connectivity index (χ4v) is 2.33. The molecule has 2 rings (SSSR count). The molecule has 1 aliphatic carbocycles. The van der Waals surface area contributed by atoms with Crippen molar-refractivity contribution in [1.82, 2.24) is 10.6 Å². The van der Waals surface area contributed by atoms with Crippen LogP contribution in [0.2, 0.25) is 0 Å². The highest BCUT2D eigenvalue weighted by Crippen LogP contribution is 2.39. The number of aliphatic hydroxyl groups excluding tert-OH is 1. The molecule has 122 valence electrons. The molecule has 0 aromatic heterocycles. The lowest BCUT2D eigenvalue weighted by Crippen LogP contribution is -2.55. The minimum Gasteiger partial charge on any atom is -0.486 e. The Kier molecular flexibility index (Phi) is 5.24. The number of urea groups is 1. The second-order valence-corrected chi connectivity index (χ2v) is 6.04. The van der Waals surface area contributed by atoms with E-state index >= 15 is 0 Å². The number of carbonyl (C=O) groups excluding carboxylic acids is 1. The number of para-hydroxylation sites is 1. The van der Waals surface area contributed by atoms with E-state index in [0.29, 0.717) is 5.92 Å². The van der Waals surface area contributed by atoms with E-state index in [1.54, 1.807) is 25.1 Å². The van der Waals surface area contributed by atoms with Gasteiger partial charge in [0.15, 0.2) is 11.6 Å². The number of aliphatic hydroxyl groups is 1. The molecule has 1 aromatic rings. The van der Waals surface area contributed by atoms with Crippen molar-refractivity contribution in [3.63, 3.8) is 0 Å². The first kappa shape index (κ1) is 16.5. The molecule has 1 aromatic carbocycles. The third-order valence-corrected chi connectivity index (χ3v) is 3.92. The monoisotopic (exact) mass is 310 g/mol. The molecule has 0 radical (unpaired) electrons. The van der Waals surface area contributed by atoms with E-state index in [4.69, 9.17) is 4.74 Å². The smallest absolute Gasteiger partial charge is 0.315 e. The molecule has 6 heteroatoms. The fraction of sp³-hybridized carbons (Fsp3) is 0.562. The summed E-state index contributed by atoms with van der Waals surface area (Å²) in [6.45, 7) is 3.74. The molecular formula is C16H23FN2O3. The molecular weight excluding hydrogens is 287 g/mol. The van der Waals surface area contributed by atoms with Crippen LogP contribution >= 0.6 is 0 Å². The van der Waals surface area contributed by atoms with E-state index in [0.717, 1.165) is 12.8 Å². The van der Waals surface area contributed by atoms with Gasteiger partial charge >= 0.3 is 6.03 Å². The number of ether oxygens (including phenoxy) is 1. The highest BCUT2D eigenvalue weighted by atomic mass is 19.1. The SMILES string of the molecule is CC(CNC(=O)NC(C)(CO)C1CC1)Oc1ccccc1F. The van der Waals surface area contributed by atoms with Crippen LogP contribution in [0.4, 0.5) is 9.18 Å². The van der Waals surface area contributed by atoms with Crippen molar-refractivity contribution in [1.29, 1.82) is 0 Å². The minimum absolute atomic E-state index is 0.0909. The number of halogens is 1. The van der Waals surface area contributed by atoms with Crippen molar-refractivity contribution < 1.29 is 19.0 Å². The zero-order valence-electron chi connectivity index (χ0n) is 12.9. The number of benzene rings is 1. The van der Waals surface area contributed by atoms with Crippen LogP contribution in [-0.2, 0) is 0 Å². The van der Waals surface area contributed by atoms with Gasteiger partial charge in [0.1, 0.15) is 6.10 Å². The highest BCUT2D eigenvalue weighted by molar-refractivity contribution is 5.74. The van der Waals surface area contributed by atoms with Gasteiger partial charge in [-0.2, -0.15) is 0 Å². The predicted molar refractivity (Wildman–Crippen MR) is 81.2 cm³/mol. The topological polar surface area (TPSA) is 70.6 Å². The molecule has 2 amide bonds. The summed E-state index contributed by atoms with van der Waals surface area (Å²) in [7, 11) is 0. The van der Waals surface area contributed by atoms with E-state index in [9.17, 15) is 14.3 Å². The molecule has 0 aliphatic heterocycles. The van der Waals surface area contributed by atoms with Crippen LogP contribution in [0, 0.1) is 11.7 Å². The van der Waals surface area contributed by atoms with Gasteiger partial charge in [0.05, 0.1) is 18.7 Å². The molecule has 0 heterocycles. The van der Waals surface area contributed by atoms with Gasteiger partial charge in [-0.3, -0.25) is 0 Å². The summed E-state index contributed by atoms with van der Waals surface area (Å²) in [6, 6.07) is 5.79. The lowest BCUT2D eigenvalue weighted by molar-refractivity contribution is 0.152. The normalized spacial score (nSPS) is 18.2. The average Bonchev–Trinajstić information content (AvgIpc) is 3.32. The Morgan fingerprint density at radius 1 is 1.50 bits per heavy atom. The van der Waals surface area contributed by atoms with Crippen LogP contribution in [0.3, 0.4) is 0 Å². The molecule has 1 saturated carbocycles. The predicted octanol–water partition coefficient (Wildman–Crippen LogP) is 2.05. The van der Waals surface area contributed by atoms with Gasteiger partial charge in [0, 0.05) is 0 Å². The van der Waals surface area contributed by atoms with Gasteiger partial charge in [-0.1, -0.05) is 12.1 Å². The van der Waals surface area contributed by atoms with Crippen molar-refractivity contribution >= 4 is 6.03 Å². The Morgan fingerprint density at radius 3 is 2.77 bits per heavy atom. The second kappa shape index (κ2) is 6.96. The second-order valence-electron chi connectivity index (χ2n) is 6.04. The first-order valence-corrected chi connectivity index (χ1v) is 7.52. The van der Waals surface area contributed by atoms with Crippen molar-refractivity contribution in [2.45, 2.75) is 38.3 Å². The third-order valence-electron chi connectivity index (χ3n) is 3.92. The number of hydrogen-bond acceptors (Lipinski definition) is 3. The molecule has 1 aliphatic rings. The largest absolute Gasteiger partial charge is 0.486 e. The summed E-state index contributed by atoms with van der Waals surface area (Å²) in [5.74, 6) is 0.0612. The summed E-state index contributed by atoms with van der Waals surface area (Å²) in [5, 5.41) is 14.9. The van der Waals surface area contributed by atoms with E-state index in [-0.39, 0.29) is 31.0 Å². The Morgan fingerprint density at radius 2 is 2.18 bits per heavy atom. The summed E-state index contributed by atoms with van der Waals surface area (Å²) < 4.78 is 18.9. The standard InChI is InChI=1S/C16H23FN2O3/c1-11(22-14-6-4-3-5-13(14)17)9-18-15(21)19-16(2,10-20)12-7-8-12/h3-6,11-12,20H,7-10H2,1-2H3,(H2,18,19,21). The Hall–Kier alpha value is -1.82. The van der Waals surface area contributed by atoms with Crippen LogP contribution in [-0.4, -0.2) is 35.9 Å². The Balaban J connectivity index is 1.77. The molecule has 2 atom stereocenters. The van der Waals surface area contributed by atoms with E-state index in [1.807, 2.05) is 6.92 Å². The van der Waals surface area contributed by atoms with Gasteiger partial charge < -0.3 is 20.5 Å². The summed E-state index contributed by atoms with van der Waals surface area (Å²) >= 11 is 0. The number of carbonyl (C=O) groups is 1. The summed E-state index contributed by atoms with van der Waals surface area (Å²) in [4.78, 5) is 11.9. The highest BCUT2D eigenvalue weighted by Gasteiger charge is 2.42. The lowest BCUT2D eigenvalue weighted by Gasteiger charge is -2.29. The van der Waals surface area contributed by atoms with Crippen LogP contribution in [0.1, 0.15) is 26.7 Å². The Labute approximate surface area is 129 Å². The van der Waals surface area contributed by atoms with Crippen molar-refractivity contribution in [3.8, 4) is 5.75 Å². The van der Waals surface area contributed by atoms with Crippen LogP contribution < -0.4 is 15.4 Å². The first-order chi connectivity index (χ1) is 10.4. The molecule has 0 bridgehead atoms. The molecule has 2 unspecified atom stereocenters. The van der Waals surface area contributed by atoms with Gasteiger partial charge in [-0.05, 0) is 44.7 Å². The zero-order valence-corrected chi connectivity index (χ0v) is 12.9. The molecule has 0 spiro atoms. The van der Waals surface area contributed by atoms with Gasteiger partial charge in [-0.15, -0.1) is 0 Å². The van der Waals surface area contributed by atoms with E-state index in [2.05, 4.69) is 10.6 Å². The van der Waals surface area contributed by atoms with Gasteiger partial charge in [0.2, 0.25) is 0 Å². The summed E-state index contributed by atoms with van der Waals surface area (Å²) in [5.41, 5.74) is -0.584.